The lowest BCUT2D eigenvalue weighted by Crippen LogP contribution is -2.53. The van der Waals surface area contributed by atoms with E-state index in [-0.39, 0.29) is 17.4 Å². The molecular weight excluding hydrogens is 437 g/mol. The molecule has 0 aromatic heterocycles. The lowest BCUT2D eigenvalue weighted by atomic mass is 10.0. The molecule has 168 valence electrons. The van der Waals surface area contributed by atoms with Crippen molar-refractivity contribution >= 4 is 29.7 Å². The topological polar surface area (TPSA) is 40.6 Å². The molecule has 0 N–H and O–H groups in total. The molecule has 2 amide bonds. The number of halogens is 3. The minimum absolute atomic E-state index is 0.0627. The Labute approximate surface area is 189 Å². The smallest absolute Gasteiger partial charge is 0.339 e. The van der Waals surface area contributed by atoms with Crippen LogP contribution in [0.2, 0.25) is 0 Å². The Bertz CT molecular complexity index is 998. The van der Waals surface area contributed by atoms with Crippen molar-refractivity contribution in [3.05, 3.63) is 77.4 Å². The van der Waals surface area contributed by atoms with Gasteiger partial charge in [-0.15, -0.1) is 11.8 Å². The number of piperidine rings is 1. The first kappa shape index (κ1) is 22.5. The fraction of sp³-hybridized carbons (Fsp3) is 0.333. The predicted molar refractivity (Wildman–Crippen MR) is 119 cm³/mol. The number of carbonyl (C=O) groups is 2. The summed E-state index contributed by atoms with van der Waals surface area (Å²) in [7, 11) is 0. The summed E-state index contributed by atoms with van der Waals surface area (Å²) in [5.74, 6) is 0.452. The van der Waals surface area contributed by atoms with Gasteiger partial charge in [0.15, 0.2) is 0 Å². The number of thioether (sulfide) groups is 1. The molecule has 0 bridgehead atoms. The third-order valence-electron chi connectivity index (χ3n) is 5.96. The first-order valence-corrected chi connectivity index (χ1v) is 11.4. The maximum Gasteiger partial charge on any atom is 0.416 e. The van der Waals surface area contributed by atoms with E-state index < -0.39 is 16.6 Å². The molecule has 2 heterocycles. The van der Waals surface area contributed by atoms with Crippen LogP contribution in [0.15, 0.2) is 60.7 Å². The van der Waals surface area contributed by atoms with Crippen molar-refractivity contribution in [1.82, 2.24) is 9.80 Å². The third-order valence-corrected chi connectivity index (χ3v) is 7.51. The summed E-state index contributed by atoms with van der Waals surface area (Å²) in [6.45, 7) is 1.61. The molecule has 2 aromatic rings. The first-order chi connectivity index (χ1) is 15.3. The van der Waals surface area contributed by atoms with Gasteiger partial charge in [0.1, 0.15) is 0 Å². The van der Waals surface area contributed by atoms with Gasteiger partial charge in [-0.2, -0.15) is 13.2 Å². The van der Waals surface area contributed by atoms with Crippen LogP contribution in [0.25, 0.3) is 6.08 Å². The summed E-state index contributed by atoms with van der Waals surface area (Å²) in [4.78, 5) is 28.8. The molecule has 8 heteroatoms. The van der Waals surface area contributed by atoms with Crippen LogP contribution in [0.3, 0.4) is 0 Å². The van der Waals surface area contributed by atoms with Gasteiger partial charge in [-0.25, -0.2) is 0 Å². The quantitative estimate of drug-likeness (QED) is 0.610. The van der Waals surface area contributed by atoms with Crippen LogP contribution in [-0.4, -0.2) is 51.9 Å². The lowest BCUT2D eigenvalue weighted by molar-refractivity contribution is -0.137. The van der Waals surface area contributed by atoms with Crippen molar-refractivity contribution in [2.45, 2.75) is 23.9 Å². The van der Waals surface area contributed by atoms with E-state index in [1.165, 1.54) is 12.1 Å². The zero-order valence-electron chi connectivity index (χ0n) is 17.3. The Kier molecular flexibility index (Phi) is 6.33. The van der Waals surface area contributed by atoms with Gasteiger partial charge in [0.25, 0.3) is 5.91 Å². The monoisotopic (exact) mass is 460 g/mol. The summed E-state index contributed by atoms with van der Waals surface area (Å²) in [6.07, 6.45) is 0.197. The van der Waals surface area contributed by atoms with E-state index in [0.717, 1.165) is 23.4 Å². The van der Waals surface area contributed by atoms with Crippen molar-refractivity contribution < 1.29 is 22.8 Å². The third kappa shape index (κ3) is 4.70. The molecular formula is C24H23F3N2O2S. The van der Waals surface area contributed by atoms with Crippen molar-refractivity contribution in [3.63, 3.8) is 0 Å². The molecule has 2 aromatic carbocycles. The SMILES string of the molecule is O=C(C=Cc1ccccc1)N1CCC2(CC1)SCCN2C(=O)c1ccc(C(F)(F)F)cc1. The van der Waals surface area contributed by atoms with Crippen molar-refractivity contribution in [3.8, 4) is 0 Å². The number of hydrogen-bond acceptors (Lipinski definition) is 3. The van der Waals surface area contributed by atoms with E-state index in [0.29, 0.717) is 32.5 Å². The predicted octanol–water partition coefficient (Wildman–Crippen LogP) is 4.93. The Hall–Kier alpha value is -2.74. The minimum Gasteiger partial charge on any atom is -0.339 e. The second kappa shape index (κ2) is 9.02. The molecule has 1 spiro atoms. The average molecular weight is 461 g/mol. The van der Waals surface area contributed by atoms with E-state index in [9.17, 15) is 22.8 Å². The molecule has 4 nitrogen and oxygen atoms in total. The van der Waals surface area contributed by atoms with Gasteiger partial charge in [-0.1, -0.05) is 30.3 Å². The van der Waals surface area contributed by atoms with E-state index in [1.807, 2.05) is 30.3 Å². The highest BCUT2D eigenvalue weighted by atomic mass is 32.2. The Morgan fingerprint density at radius 1 is 0.938 bits per heavy atom. The first-order valence-electron chi connectivity index (χ1n) is 10.4. The highest BCUT2D eigenvalue weighted by Gasteiger charge is 2.47. The molecule has 2 aliphatic rings. The lowest BCUT2D eigenvalue weighted by Gasteiger charge is -2.44. The van der Waals surface area contributed by atoms with Crippen LogP contribution in [-0.2, 0) is 11.0 Å². The average Bonchev–Trinajstić information content (AvgIpc) is 3.20. The molecule has 0 saturated carbocycles. The van der Waals surface area contributed by atoms with Crippen LogP contribution >= 0.6 is 11.8 Å². The van der Waals surface area contributed by atoms with Gasteiger partial charge in [-0.05, 0) is 48.7 Å². The number of carbonyl (C=O) groups excluding carboxylic acids is 2. The van der Waals surface area contributed by atoms with Gasteiger partial charge in [0.05, 0.1) is 10.4 Å². The van der Waals surface area contributed by atoms with E-state index in [1.54, 1.807) is 33.7 Å². The Morgan fingerprint density at radius 3 is 2.22 bits per heavy atom. The molecule has 0 unspecified atom stereocenters. The van der Waals surface area contributed by atoms with Gasteiger partial charge >= 0.3 is 6.18 Å². The Balaban J connectivity index is 1.41. The fourth-order valence-electron chi connectivity index (χ4n) is 4.18. The minimum atomic E-state index is -4.43. The van der Waals surface area contributed by atoms with Crippen molar-refractivity contribution in [2.75, 3.05) is 25.4 Å². The Morgan fingerprint density at radius 2 is 1.59 bits per heavy atom. The van der Waals surface area contributed by atoms with Crippen LogP contribution in [0.1, 0.15) is 34.3 Å². The van der Waals surface area contributed by atoms with Crippen LogP contribution in [0.4, 0.5) is 13.2 Å². The number of alkyl halides is 3. The molecule has 2 aliphatic heterocycles. The second-order valence-electron chi connectivity index (χ2n) is 7.90. The molecule has 4 rings (SSSR count). The van der Waals surface area contributed by atoms with E-state index in [4.69, 9.17) is 0 Å². The molecule has 0 aliphatic carbocycles. The van der Waals surface area contributed by atoms with Gasteiger partial charge in [0.2, 0.25) is 5.91 Å². The summed E-state index contributed by atoms with van der Waals surface area (Å²) < 4.78 is 38.5. The van der Waals surface area contributed by atoms with Crippen molar-refractivity contribution in [1.29, 1.82) is 0 Å². The standard InChI is InChI=1S/C24H23F3N2O2S/c25-24(26,27)20-9-7-19(8-10-20)22(31)29-16-17-32-23(29)12-14-28(15-13-23)21(30)11-6-18-4-2-1-3-5-18/h1-11H,12-17H2. The molecule has 0 radical (unpaired) electrons. The van der Waals surface area contributed by atoms with Crippen LogP contribution in [0.5, 0.6) is 0 Å². The van der Waals surface area contributed by atoms with Crippen LogP contribution in [0, 0.1) is 0 Å². The molecule has 32 heavy (non-hydrogen) atoms. The summed E-state index contributed by atoms with van der Waals surface area (Å²) in [5.41, 5.74) is 0.438. The number of rotatable bonds is 3. The number of nitrogens with zero attached hydrogens (tertiary/aromatic N) is 2. The maximum atomic E-state index is 13.1. The highest BCUT2D eigenvalue weighted by molar-refractivity contribution is 8.00. The molecule has 0 atom stereocenters. The van der Waals surface area contributed by atoms with Gasteiger partial charge < -0.3 is 9.80 Å². The number of amides is 2. The number of likely N-dealkylation sites (tertiary alicyclic amines) is 1. The van der Waals surface area contributed by atoms with Gasteiger partial charge in [-0.3, -0.25) is 9.59 Å². The van der Waals surface area contributed by atoms with Crippen molar-refractivity contribution in [2.24, 2.45) is 0 Å². The van der Waals surface area contributed by atoms with Crippen LogP contribution < -0.4 is 0 Å². The number of benzene rings is 2. The maximum absolute atomic E-state index is 13.1. The zero-order valence-corrected chi connectivity index (χ0v) is 18.2. The summed E-state index contributed by atoms with van der Waals surface area (Å²) in [5, 5.41) is 0. The molecule has 2 saturated heterocycles. The number of hydrogen-bond donors (Lipinski definition) is 0. The fourth-order valence-corrected chi connectivity index (χ4v) is 5.64. The summed E-state index contributed by atoms with van der Waals surface area (Å²) in [6, 6.07) is 14.0. The van der Waals surface area contributed by atoms with E-state index >= 15 is 0 Å². The largest absolute Gasteiger partial charge is 0.416 e. The second-order valence-corrected chi connectivity index (χ2v) is 9.35. The zero-order chi connectivity index (χ0) is 22.8. The highest BCUT2D eigenvalue weighted by Crippen LogP contribution is 2.44. The summed E-state index contributed by atoms with van der Waals surface area (Å²) >= 11 is 1.70. The van der Waals surface area contributed by atoms with E-state index in [2.05, 4.69) is 0 Å². The molecule has 2 fully saturated rings. The van der Waals surface area contributed by atoms with Gasteiger partial charge in [0, 0.05) is 37.0 Å². The normalized spacial score (nSPS) is 18.5.